The Hall–Kier alpha value is -2.04. The molecule has 1 N–H and O–H groups in total. The van der Waals surface area contributed by atoms with E-state index in [0.29, 0.717) is 11.3 Å². The molecule has 86 valence electrons. The number of esters is 1. The Labute approximate surface area is 92.6 Å². The van der Waals surface area contributed by atoms with Gasteiger partial charge in [-0.25, -0.2) is 4.79 Å². The molecule has 0 amide bonds. The summed E-state index contributed by atoms with van der Waals surface area (Å²) in [6, 6.07) is 6.75. The molecule has 0 spiro atoms. The molecular formula is C11H12O5. The van der Waals surface area contributed by atoms with Gasteiger partial charge in [0.05, 0.1) is 13.5 Å². The fraction of sp³-hybridized carbons (Fsp3) is 0.273. The molecule has 0 heterocycles. The summed E-state index contributed by atoms with van der Waals surface area (Å²) in [6.07, 6.45) is 0.0618. The van der Waals surface area contributed by atoms with Crippen LogP contribution >= 0.6 is 0 Å². The highest BCUT2D eigenvalue weighted by molar-refractivity contribution is 5.73. The van der Waals surface area contributed by atoms with Gasteiger partial charge in [0.2, 0.25) is 0 Å². The Morgan fingerprint density at radius 2 is 2.00 bits per heavy atom. The molecular weight excluding hydrogens is 212 g/mol. The molecule has 0 unspecified atom stereocenters. The maximum atomic E-state index is 11.1. The number of rotatable bonds is 5. The smallest absolute Gasteiger partial charge is 0.341 e. The van der Waals surface area contributed by atoms with Crippen LogP contribution in [0.25, 0.3) is 0 Å². The van der Waals surface area contributed by atoms with Crippen LogP contribution in [-0.4, -0.2) is 30.8 Å². The molecule has 16 heavy (non-hydrogen) atoms. The van der Waals surface area contributed by atoms with Crippen LogP contribution in [-0.2, 0) is 20.7 Å². The molecule has 1 rings (SSSR count). The van der Waals surface area contributed by atoms with Crippen molar-refractivity contribution in [2.24, 2.45) is 0 Å². The second kappa shape index (κ2) is 5.75. The van der Waals surface area contributed by atoms with E-state index < -0.39 is 18.5 Å². The zero-order chi connectivity index (χ0) is 12.0. The van der Waals surface area contributed by atoms with Crippen LogP contribution in [0.5, 0.6) is 5.75 Å². The zero-order valence-corrected chi connectivity index (χ0v) is 8.80. The maximum Gasteiger partial charge on any atom is 0.341 e. The van der Waals surface area contributed by atoms with Crippen LogP contribution in [0.4, 0.5) is 0 Å². The van der Waals surface area contributed by atoms with Crippen molar-refractivity contribution in [3.05, 3.63) is 29.8 Å². The third-order valence-corrected chi connectivity index (χ3v) is 1.89. The Kier molecular flexibility index (Phi) is 4.32. The second-order valence-corrected chi connectivity index (χ2v) is 3.04. The molecule has 0 aliphatic heterocycles. The highest BCUT2D eigenvalue weighted by Gasteiger charge is 2.09. The number of carbonyl (C=O) groups is 2. The van der Waals surface area contributed by atoms with Gasteiger partial charge < -0.3 is 14.6 Å². The lowest BCUT2D eigenvalue weighted by Crippen LogP contribution is -2.12. The maximum absolute atomic E-state index is 11.1. The Morgan fingerprint density at radius 1 is 1.31 bits per heavy atom. The van der Waals surface area contributed by atoms with Gasteiger partial charge in [0, 0.05) is 5.56 Å². The first-order chi connectivity index (χ1) is 7.63. The highest BCUT2D eigenvalue weighted by Crippen LogP contribution is 2.18. The van der Waals surface area contributed by atoms with Gasteiger partial charge in [-0.2, -0.15) is 0 Å². The molecule has 5 nitrogen and oxygen atoms in total. The van der Waals surface area contributed by atoms with Crippen molar-refractivity contribution in [2.45, 2.75) is 6.42 Å². The first kappa shape index (κ1) is 12.0. The summed E-state index contributed by atoms with van der Waals surface area (Å²) in [5.74, 6) is -1.07. The molecule has 0 aromatic heterocycles. The van der Waals surface area contributed by atoms with Gasteiger partial charge in [0.25, 0.3) is 0 Å². The molecule has 0 aliphatic rings. The number of ether oxygens (including phenoxy) is 2. The molecule has 0 fully saturated rings. The SMILES string of the molecule is COC(=O)Cc1ccccc1OCC(=O)O. The van der Waals surface area contributed by atoms with Gasteiger partial charge in [0.1, 0.15) is 5.75 Å². The van der Waals surface area contributed by atoms with Gasteiger partial charge in [-0.1, -0.05) is 18.2 Å². The second-order valence-electron chi connectivity index (χ2n) is 3.04. The fourth-order valence-corrected chi connectivity index (χ4v) is 1.16. The number of carboxylic acids is 1. The summed E-state index contributed by atoms with van der Waals surface area (Å²) in [5.41, 5.74) is 0.607. The van der Waals surface area contributed by atoms with E-state index in [2.05, 4.69) is 4.74 Å². The number of hydrogen-bond acceptors (Lipinski definition) is 4. The normalized spacial score (nSPS) is 9.56. The van der Waals surface area contributed by atoms with Crippen LogP contribution in [0.15, 0.2) is 24.3 Å². The Bertz CT molecular complexity index is 386. The van der Waals surface area contributed by atoms with Gasteiger partial charge in [-0.3, -0.25) is 4.79 Å². The summed E-state index contributed by atoms with van der Waals surface area (Å²) in [5, 5.41) is 8.48. The summed E-state index contributed by atoms with van der Waals surface area (Å²) < 4.78 is 9.56. The van der Waals surface area contributed by atoms with Gasteiger partial charge in [-0.15, -0.1) is 0 Å². The van der Waals surface area contributed by atoms with Crippen LogP contribution in [0.1, 0.15) is 5.56 Å². The van der Waals surface area contributed by atoms with Gasteiger partial charge in [0.15, 0.2) is 6.61 Å². The van der Waals surface area contributed by atoms with Crippen molar-refractivity contribution in [3.63, 3.8) is 0 Å². The summed E-state index contributed by atoms with van der Waals surface area (Å²) in [7, 11) is 1.29. The van der Waals surface area contributed by atoms with Crippen molar-refractivity contribution in [2.75, 3.05) is 13.7 Å². The molecule has 1 aromatic rings. The third kappa shape index (κ3) is 3.61. The molecule has 0 aliphatic carbocycles. The lowest BCUT2D eigenvalue weighted by molar-refractivity contribution is -0.140. The fourth-order valence-electron chi connectivity index (χ4n) is 1.16. The van der Waals surface area contributed by atoms with E-state index in [-0.39, 0.29) is 6.42 Å². The number of aliphatic carboxylic acids is 1. The van der Waals surface area contributed by atoms with Crippen molar-refractivity contribution in [3.8, 4) is 5.75 Å². The average Bonchev–Trinajstić information content (AvgIpc) is 2.27. The lowest BCUT2D eigenvalue weighted by atomic mass is 10.1. The van der Waals surface area contributed by atoms with Crippen molar-refractivity contribution >= 4 is 11.9 Å². The molecule has 0 saturated carbocycles. The van der Waals surface area contributed by atoms with E-state index >= 15 is 0 Å². The summed E-state index contributed by atoms with van der Waals surface area (Å²) >= 11 is 0. The predicted octanol–water partition coefficient (Wildman–Crippen LogP) is 0.865. The van der Waals surface area contributed by atoms with Gasteiger partial charge in [-0.05, 0) is 6.07 Å². The van der Waals surface area contributed by atoms with Crippen molar-refractivity contribution in [1.82, 2.24) is 0 Å². The highest BCUT2D eigenvalue weighted by atomic mass is 16.5. The van der Waals surface area contributed by atoms with Crippen molar-refractivity contribution < 1.29 is 24.2 Å². The van der Waals surface area contributed by atoms with E-state index in [1.54, 1.807) is 24.3 Å². The number of hydrogen-bond donors (Lipinski definition) is 1. The van der Waals surface area contributed by atoms with E-state index in [4.69, 9.17) is 9.84 Å². The average molecular weight is 224 g/mol. The van der Waals surface area contributed by atoms with E-state index in [1.807, 2.05) is 0 Å². The minimum Gasteiger partial charge on any atom is -0.482 e. The quantitative estimate of drug-likeness (QED) is 0.751. The van der Waals surface area contributed by atoms with Crippen LogP contribution in [0, 0.1) is 0 Å². The van der Waals surface area contributed by atoms with E-state index in [0.717, 1.165) is 0 Å². The molecule has 0 atom stereocenters. The topological polar surface area (TPSA) is 72.8 Å². The van der Waals surface area contributed by atoms with Crippen LogP contribution in [0.3, 0.4) is 0 Å². The minimum absolute atomic E-state index is 0.0618. The minimum atomic E-state index is -1.06. The van der Waals surface area contributed by atoms with Gasteiger partial charge >= 0.3 is 11.9 Å². The zero-order valence-electron chi connectivity index (χ0n) is 8.80. The van der Waals surface area contributed by atoms with E-state index in [9.17, 15) is 9.59 Å². The number of carbonyl (C=O) groups excluding carboxylic acids is 1. The van der Waals surface area contributed by atoms with Crippen molar-refractivity contribution in [1.29, 1.82) is 0 Å². The van der Waals surface area contributed by atoms with Crippen LogP contribution in [0.2, 0.25) is 0 Å². The lowest BCUT2D eigenvalue weighted by Gasteiger charge is -2.08. The monoisotopic (exact) mass is 224 g/mol. The largest absolute Gasteiger partial charge is 0.482 e. The molecule has 0 bridgehead atoms. The third-order valence-electron chi connectivity index (χ3n) is 1.89. The molecule has 0 saturated heterocycles. The number of carboxylic acid groups (broad SMARTS) is 1. The molecule has 5 heteroatoms. The summed E-state index contributed by atoms with van der Waals surface area (Å²) in [4.78, 5) is 21.4. The molecule has 0 radical (unpaired) electrons. The number of methoxy groups -OCH3 is 1. The first-order valence-corrected chi connectivity index (χ1v) is 4.63. The van der Waals surface area contributed by atoms with Crippen LogP contribution < -0.4 is 4.74 Å². The molecule has 1 aromatic carbocycles. The Balaban J connectivity index is 2.74. The number of para-hydroxylation sites is 1. The summed E-state index contributed by atoms with van der Waals surface area (Å²) in [6.45, 7) is -0.432. The standard InChI is InChI=1S/C11H12O5/c1-15-11(14)6-8-4-2-3-5-9(8)16-7-10(12)13/h2-5H,6-7H2,1H3,(H,12,13). The number of benzene rings is 1. The Morgan fingerprint density at radius 3 is 2.62 bits per heavy atom. The van der Waals surface area contributed by atoms with E-state index in [1.165, 1.54) is 7.11 Å². The predicted molar refractivity (Wildman–Crippen MR) is 55.3 cm³/mol. The first-order valence-electron chi connectivity index (χ1n) is 4.63.